The average Bonchev–Trinajstić information content (AvgIpc) is 2.28. The third kappa shape index (κ3) is 4.95. The highest BCUT2D eigenvalue weighted by Gasteiger charge is 2.04. The van der Waals surface area contributed by atoms with Crippen molar-refractivity contribution in [2.75, 3.05) is 6.61 Å². The molecule has 0 aliphatic rings. The molecule has 1 N–H and O–H groups in total. The summed E-state index contributed by atoms with van der Waals surface area (Å²) in [7, 11) is 0. The molecular formula is C13H21N3O. The maximum atomic E-state index is 5.38. The van der Waals surface area contributed by atoms with Crippen LogP contribution in [-0.4, -0.2) is 22.6 Å². The van der Waals surface area contributed by atoms with E-state index in [4.69, 9.17) is 4.74 Å². The van der Waals surface area contributed by atoms with Gasteiger partial charge in [0.1, 0.15) is 6.61 Å². The zero-order chi connectivity index (χ0) is 12.7. The second-order valence-electron chi connectivity index (χ2n) is 4.18. The van der Waals surface area contributed by atoms with Crippen molar-refractivity contribution in [2.24, 2.45) is 0 Å². The minimum absolute atomic E-state index is 0.439. The van der Waals surface area contributed by atoms with E-state index in [1.165, 1.54) is 0 Å². The molecule has 0 saturated heterocycles. The van der Waals surface area contributed by atoms with Gasteiger partial charge in [0.25, 0.3) is 0 Å². The van der Waals surface area contributed by atoms with Gasteiger partial charge in [-0.05, 0) is 13.8 Å². The molecule has 0 spiro atoms. The zero-order valence-electron chi connectivity index (χ0n) is 11.0. The van der Waals surface area contributed by atoms with Gasteiger partial charge in [0, 0.05) is 30.0 Å². The Morgan fingerprint density at radius 2 is 2.24 bits per heavy atom. The second-order valence-corrected chi connectivity index (χ2v) is 4.18. The van der Waals surface area contributed by atoms with Crippen molar-refractivity contribution in [1.82, 2.24) is 15.3 Å². The molecule has 0 aliphatic heterocycles. The summed E-state index contributed by atoms with van der Waals surface area (Å²) in [5, 5.41) is 3.34. The molecule has 17 heavy (non-hydrogen) atoms. The minimum atomic E-state index is 0.439. The molecule has 1 aromatic heterocycles. The van der Waals surface area contributed by atoms with Crippen LogP contribution >= 0.6 is 0 Å². The molecule has 0 radical (unpaired) electrons. The van der Waals surface area contributed by atoms with E-state index in [9.17, 15) is 0 Å². The van der Waals surface area contributed by atoms with Crippen molar-refractivity contribution < 1.29 is 4.74 Å². The highest BCUT2D eigenvalue weighted by Crippen LogP contribution is 2.08. The van der Waals surface area contributed by atoms with Crippen molar-refractivity contribution in [3.63, 3.8) is 0 Å². The highest BCUT2D eigenvalue weighted by atomic mass is 16.5. The van der Waals surface area contributed by atoms with Crippen molar-refractivity contribution >= 4 is 0 Å². The Bertz CT molecular complexity index is 375. The molecule has 1 aromatic rings. The quantitative estimate of drug-likeness (QED) is 0.768. The molecule has 0 atom stereocenters. The van der Waals surface area contributed by atoms with Gasteiger partial charge in [-0.25, -0.2) is 9.97 Å². The summed E-state index contributed by atoms with van der Waals surface area (Å²) in [4.78, 5) is 8.50. The van der Waals surface area contributed by atoms with Gasteiger partial charge in [-0.15, -0.1) is 0 Å². The Kier molecular flexibility index (Phi) is 5.63. The van der Waals surface area contributed by atoms with Crippen molar-refractivity contribution in [2.45, 2.75) is 40.3 Å². The molecule has 0 saturated carbocycles. The van der Waals surface area contributed by atoms with Crippen LogP contribution in [0.3, 0.4) is 0 Å². The first-order chi connectivity index (χ1) is 8.13. The fraction of sp³-hybridized carbons (Fsp3) is 0.538. The SMILES string of the molecule is C/C=C/COc1ncc(CNC(C)C)c(C)n1. The van der Waals surface area contributed by atoms with Gasteiger partial charge in [0.2, 0.25) is 0 Å². The predicted molar refractivity (Wildman–Crippen MR) is 69.1 cm³/mol. The number of allylic oxidation sites excluding steroid dienone is 1. The minimum Gasteiger partial charge on any atom is -0.459 e. The smallest absolute Gasteiger partial charge is 0.316 e. The van der Waals surface area contributed by atoms with Crippen LogP contribution in [0.5, 0.6) is 6.01 Å². The Morgan fingerprint density at radius 1 is 1.47 bits per heavy atom. The van der Waals surface area contributed by atoms with E-state index in [2.05, 4.69) is 29.1 Å². The molecule has 1 rings (SSSR count). The van der Waals surface area contributed by atoms with Gasteiger partial charge in [-0.3, -0.25) is 0 Å². The van der Waals surface area contributed by atoms with E-state index < -0.39 is 0 Å². The second kappa shape index (κ2) is 7.01. The van der Waals surface area contributed by atoms with E-state index >= 15 is 0 Å². The number of hydrogen-bond donors (Lipinski definition) is 1. The van der Waals surface area contributed by atoms with E-state index in [0.29, 0.717) is 18.7 Å². The molecular weight excluding hydrogens is 214 g/mol. The lowest BCUT2D eigenvalue weighted by atomic mass is 10.2. The molecule has 0 fully saturated rings. The number of hydrogen-bond acceptors (Lipinski definition) is 4. The fourth-order valence-electron chi connectivity index (χ4n) is 1.25. The lowest BCUT2D eigenvalue weighted by Crippen LogP contribution is -2.22. The highest BCUT2D eigenvalue weighted by molar-refractivity contribution is 5.17. The van der Waals surface area contributed by atoms with Crippen LogP contribution in [0.15, 0.2) is 18.3 Å². The Hall–Kier alpha value is -1.42. The van der Waals surface area contributed by atoms with E-state index in [1.54, 1.807) is 0 Å². The van der Waals surface area contributed by atoms with E-state index in [1.807, 2.05) is 32.2 Å². The molecule has 0 unspecified atom stereocenters. The largest absolute Gasteiger partial charge is 0.459 e. The molecule has 0 bridgehead atoms. The standard InChI is InChI=1S/C13H21N3O/c1-5-6-7-17-13-15-9-12(11(4)16-13)8-14-10(2)3/h5-6,9-10,14H,7-8H2,1-4H3/b6-5+. The number of rotatable bonds is 6. The maximum Gasteiger partial charge on any atom is 0.316 e. The number of nitrogens with one attached hydrogen (secondary N) is 1. The Labute approximate surface area is 103 Å². The first-order valence-corrected chi connectivity index (χ1v) is 5.93. The van der Waals surface area contributed by atoms with E-state index in [0.717, 1.165) is 17.8 Å². The monoisotopic (exact) mass is 235 g/mol. The van der Waals surface area contributed by atoms with Crippen molar-refractivity contribution in [3.05, 3.63) is 29.6 Å². The zero-order valence-corrected chi connectivity index (χ0v) is 11.0. The van der Waals surface area contributed by atoms with Gasteiger partial charge in [-0.2, -0.15) is 0 Å². The molecule has 1 heterocycles. The van der Waals surface area contributed by atoms with Crippen LogP contribution in [0.2, 0.25) is 0 Å². The normalized spacial score (nSPS) is 11.4. The van der Waals surface area contributed by atoms with Crippen LogP contribution in [0.1, 0.15) is 32.0 Å². The van der Waals surface area contributed by atoms with E-state index in [-0.39, 0.29) is 0 Å². The van der Waals surface area contributed by atoms with Crippen LogP contribution < -0.4 is 10.1 Å². The third-order valence-corrected chi connectivity index (χ3v) is 2.30. The van der Waals surface area contributed by atoms with Gasteiger partial charge < -0.3 is 10.1 Å². The first-order valence-electron chi connectivity index (χ1n) is 5.93. The number of nitrogens with zero attached hydrogens (tertiary/aromatic N) is 2. The topological polar surface area (TPSA) is 47.0 Å². The average molecular weight is 235 g/mol. The lowest BCUT2D eigenvalue weighted by molar-refractivity contribution is 0.331. The number of ether oxygens (including phenoxy) is 1. The van der Waals surface area contributed by atoms with Crippen LogP contribution in [0.25, 0.3) is 0 Å². The Morgan fingerprint density at radius 3 is 2.82 bits per heavy atom. The maximum absolute atomic E-state index is 5.38. The molecule has 94 valence electrons. The summed E-state index contributed by atoms with van der Waals surface area (Å²) in [6.07, 6.45) is 5.68. The van der Waals surface area contributed by atoms with Crippen LogP contribution in [-0.2, 0) is 6.54 Å². The molecule has 4 nitrogen and oxygen atoms in total. The summed E-state index contributed by atoms with van der Waals surface area (Å²) < 4.78 is 5.38. The summed E-state index contributed by atoms with van der Waals surface area (Å²) in [6, 6.07) is 0.897. The molecule has 0 amide bonds. The van der Waals surface area contributed by atoms with Gasteiger partial charge in [0.15, 0.2) is 0 Å². The summed E-state index contributed by atoms with van der Waals surface area (Å²) in [5.74, 6) is 0. The van der Waals surface area contributed by atoms with Gasteiger partial charge in [-0.1, -0.05) is 26.0 Å². The summed E-state index contributed by atoms with van der Waals surface area (Å²) >= 11 is 0. The van der Waals surface area contributed by atoms with Gasteiger partial charge in [0.05, 0.1) is 0 Å². The Balaban J connectivity index is 2.59. The molecule has 0 aromatic carbocycles. The first kappa shape index (κ1) is 13.6. The molecule has 0 aliphatic carbocycles. The predicted octanol–water partition coefficient (Wildman–Crippen LogP) is 2.24. The van der Waals surface area contributed by atoms with Crippen molar-refractivity contribution in [3.8, 4) is 6.01 Å². The summed E-state index contributed by atoms with van der Waals surface area (Å²) in [5.41, 5.74) is 2.07. The third-order valence-electron chi connectivity index (χ3n) is 2.30. The summed E-state index contributed by atoms with van der Waals surface area (Å²) in [6.45, 7) is 9.46. The van der Waals surface area contributed by atoms with Crippen molar-refractivity contribution in [1.29, 1.82) is 0 Å². The van der Waals surface area contributed by atoms with Crippen LogP contribution in [0, 0.1) is 6.92 Å². The molecule has 4 heteroatoms. The van der Waals surface area contributed by atoms with Gasteiger partial charge >= 0.3 is 6.01 Å². The van der Waals surface area contributed by atoms with Crippen LogP contribution in [0.4, 0.5) is 0 Å². The lowest BCUT2D eigenvalue weighted by Gasteiger charge is -2.10. The fourth-order valence-corrected chi connectivity index (χ4v) is 1.25. The number of aromatic nitrogens is 2. The number of aryl methyl sites for hydroxylation is 1.